The highest BCUT2D eigenvalue weighted by Gasteiger charge is 2.39. The van der Waals surface area contributed by atoms with Crippen molar-refractivity contribution in [2.24, 2.45) is 22.6 Å². The van der Waals surface area contributed by atoms with Gasteiger partial charge in [0.2, 0.25) is 11.9 Å². The lowest BCUT2D eigenvalue weighted by Gasteiger charge is -2.40. The van der Waals surface area contributed by atoms with E-state index in [1.807, 2.05) is 18.7 Å². The van der Waals surface area contributed by atoms with Crippen molar-refractivity contribution in [1.29, 1.82) is 5.26 Å². The summed E-state index contributed by atoms with van der Waals surface area (Å²) in [5.41, 5.74) is 4.23. The summed E-state index contributed by atoms with van der Waals surface area (Å²) >= 11 is 0. The fourth-order valence-electron chi connectivity index (χ4n) is 5.46. The number of amides is 4. The summed E-state index contributed by atoms with van der Waals surface area (Å²) < 4.78 is 10.9. The van der Waals surface area contributed by atoms with Crippen LogP contribution < -0.4 is 11.1 Å². The average molecular weight is 562 g/mol. The summed E-state index contributed by atoms with van der Waals surface area (Å²) in [5, 5.41) is 13.2. The van der Waals surface area contributed by atoms with E-state index in [-0.39, 0.29) is 30.8 Å². The van der Waals surface area contributed by atoms with Gasteiger partial charge in [-0.2, -0.15) is 5.26 Å². The molecule has 1 aliphatic carbocycles. The molecule has 0 bridgehead atoms. The maximum atomic E-state index is 14.0. The number of hydrogen-bond acceptors (Lipinski definition) is 7. The second kappa shape index (κ2) is 15.8. The van der Waals surface area contributed by atoms with Gasteiger partial charge in [0.15, 0.2) is 0 Å². The molecule has 0 unspecified atom stereocenters. The molecule has 40 heavy (non-hydrogen) atoms. The van der Waals surface area contributed by atoms with Crippen LogP contribution in [0.1, 0.15) is 71.6 Å². The number of carbonyl (C=O) groups is 3. The summed E-state index contributed by atoms with van der Waals surface area (Å²) in [6, 6.07) is 1.90. The molecule has 3 aliphatic rings. The zero-order valence-electron chi connectivity index (χ0n) is 24.2. The van der Waals surface area contributed by atoms with Crippen molar-refractivity contribution < 1.29 is 23.9 Å². The molecular formula is C28H47N7O5. The summed E-state index contributed by atoms with van der Waals surface area (Å²) in [6.45, 7) is 8.07. The van der Waals surface area contributed by atoms with E-state index in [1.165, 1.54) is 24.2 Å². The number of nitrogens with one attached hydrogen (secondary N) is 1. The van der Waals surface area contributed by atoms with Crippen LogP contribution in [0.5, 0.6) is 0 Å². The minimum absolute atomic E-state index is 0.154. The number of aliphatic imine (C=N–C) groups is 1. The molecule has 2 saturated heterocycles. The molecule has 0 atom stereocenters. The number of ether oxygens (including phenoxy) is 2. The van der Waals surface area contributed by atoms with E-state index in [0.29, 0.717) is 71.2 Å². The van der Waals surface area contributed by atoms with Crippen molar-refractivity contribution in [1.82, 2.24) is 20.0 Å². The predicted molar refractivity (Wildman–Crippen MR) is 150 cm³/mol. The number of hydrogen-bond donors (Lipinski definition) is 2. The van der Waals surface area contributed by atoms with Crippen LogP contribution in [-0.4, -0.2) is 103 Å². The average Bonchev–Trinajstić information content (AvgIpc) is 2.96. The third-order valence-electron chi connectivity index (χ3n) is 7.94. The molecular weight excluding hydrogens is 514 g/mol. The molecule has 3 N–H and O–H groups in total. The summed E-state index contributed by atoms with van der Waals surface area (Å²) in [7, 11) is 0. The van der Waals surface area contributed by atoms with Crippen LogP contribution in [0.25, 0.3) is 0 Å². The number of morpholine rings is 1. The number of guanidine groups is 1. The Bertz CT molecular complexity index is 914. The molecule has 0 aromatic heterocycles. The SMILES string of the molecule is CC(C)COC(=O)/N=C(/N1CCOCC1)N(CCC1CCCCC1)C(=O)NC1(C#N)CCN(CCC(N)=O)CC1. The van der Waals surface area contributed by atoms with Gasteiger partial charge in [0.25, 0.3) is 0 Å². The van der Waals surface area contributed by atoms with Crippen molar-refractivity contribution in [3.05, 3.63) is 0 Å². The molecule has 12 nitrogen and oxygen atoms in total. The van der Waals surface area contributed by atoms with E-state index in [9.17, 15) is 19.6 Å². The zero-order valence-corrected chi connectivity index (χ0v) is 24.2. The van der Waals surface area contributed by atoms with Crippen molar-refractivity contribution in [3.8, 4) is 6.07 Å². The largest absolute Gasteiger partial charge is 0.448 e. The van der Waals surface area contributed by atoms with Crippen LogP contribution in [0.4, 0.5) is 9.59 Å². The first-order chi connectivity index (χ1) is 19.2. The van der Waals surface area contributed by atoms with Gasteiger partial charge >= 0.3 is 12.1 Å². The third-order valence-corrected chi connectivity index (χ3v) is 7.94. The highest BCUT2D eigenvalue weighted by molar-refractivity contribution is 6.00. The van der Waals surface area contributed by atoms with Crippen molar-refractivity contribution in [2.45, 2.75) is 77.2 Å². The standard InChI is InChI=1S/C28H47N7O5/c1-22(2)20-40-27(38)31-25(34-16-18-39-19-17-34)35(13-8-23-6-4-3-5-7-23)26(37)32-28(21-29)10-14-33(15-11-28)12-9-24(30)36/h22-23H,3-20H2,1-2H3,(H2,30,36)(H,32,37)/b31-25-. The summed E-state index contributed by atoms with van der Waals surface area (Å²) in [4.78, 5) is 47.8. The van der Waals surface area contributed by atoms with E-state index in [0.717, 1.165) is 19.3 Å². The van der Waals surface area contributed by atoms with E-state index in [4.69, 9.17) is 15.2 Å². The molecule has 2 heterocycles. The number of piperidine rings is 1. The highest BCUT2D eigenvalue weighted by atomic mass is 16.5. The Balaban J connectivity index is 1.81. The molecule has 0 radical (unpaired) electrons. The van der Waals surface area contributed by atoms with Gasteiger partial charge in [-0.25, -0.2) is 9.59 Å². The number of likely N-dealkylation sites (tertiary alicyclic amines) is 1. The number of nitrogens with zero attached hydrogens (tertiary/aromatic N) is 5. The Morgan fingerprint density at radius 1 is 1.15 bits per heavy atom. The number of primary amides is 1. The van der Waals surface area contributed by atoms with Crippen LogP contribution in [0, 0.1) is 23.2 Å². The van der Waals surface area contributed by atoms with Gasteiger partial charge in [0, 0.05) is 45.7 Å². The van der Waals surface area contributed by atoms with Crippen molar-refractivity contribution in [3.63, 3.8) is 0 Å². The second-order valence-electron chi connectivity index (χ2n) is 11.6. The molecule has 3 rings (SSSR count). The van der Waals surface area contributed by atoms with E-state index in [1.54, 1.807) is 0 Å². The quantitative estimate of drug-likeness (QED) is 0.322. The Morgan fingerprint density at radius 3 is 2.42 bits per heavy atom. The van der Waals surface area contributed by atoms with Gasteiger partial charge in [-0.1, -0.05) is 46.0 Å². The van der Waals surface area contributed by atoms with Crippen LogP contribution >= 0.6 is 0 Å². The monoisotopic (exact) mass is 561 g/mol. The van der Waals surface area contributed by atoms with Gasteiger partial charge in [0.05, 0.1) is 25.9 Å². The lowest BCUT2D eigenvalue weighted by Crippen LogP contribution is -2.61. The highest BCUT2D eigenvalue weighted by Crippen LogP contribution is 2.27. The summed E-state index contributed by atoms with van der Waals surface area (Å²) in [6.07, 6.45) is 7.02. The molecule has 12 heteroatoms. The van der Waals surface area contributed by atoms with Crippen LogP contribution in [-0.2, 0) is 14.3 Å². The maximum absolute atomic E-state index is 14.0. The number of nitrogens with two attached hydrogens (primary N) is 1. The normalized spacial score (nSPS) is 20.6. The van der Waals surface area contributed by atoms with Gasteiger partial charge in [-0.3, -0.25) is 9.69 Å². The summed E-state index contributed by atoms with van der Waals surface area (Å²) in [5.74, 6) is 0.542. The smallest absolute Gasteiger partial charge is 0.436 e. The van der Waals surface area contributed by atoms with Crippen LogP contribution in [0.15, 0.2) is 4.99 Å². The van der Waals surface area contributed by atoms with Gasteiger partial charge < -0.3 is 30.3 Å². The van der Waals surface area contributed by atoms with E-state index < -0.39 is 17.7 Å². The molecule has 1 saturated carbocycles. The lowest BCUT2D eigenvalue weighted by atomic mass is 9.87. The third kappa shape index (κ3) is 9.93. The van der Waals surface area contributed by atoms with Crippen LogP contribution in [0.3, 0.4) is 0 Å². The van der Waals surface area contributed by atoms with Gasteiger partial charge in [-0.15, -0.1) is 4.99 Å². The minimum atomic E-state index is -1.06. The Kier molecular flexibility index (Phi) is 12.5. The number of nitriles is 1. The van der Waals surface area contributed by atoms with E-state index in [2.05, 4.69) is 21.3 Å². The molecule has 0 spiro atoms. The molecule has 0 aromatic carbocycles. The molecule has 0 aromatic rings. The Hall–Kier alpha value is -2.91. The number of carbonyl (C=O) groups excluding carboxylic acids is 3. The van der Waals surface area contributed by atoms with Crippen molar-refractivity contribution >= 4 is 24.0 Å². The first-order valence-electron chi connectivity index (χ1n) is 14.8. The van der Waals surface area contributed by atoms with E-state index >= 15 is 0 Å². The Labute approximate surface area is 238 Å². The first kappa shape index (κ1) is 31.6. The molecule has 2 aliphatic heterocycles. The fourth-order valence-corrected chi connectivity index (χ4v) is 5.46. The number of urea groups is 1. The predicted octanol–water partition coefficient (Wildman–Crippen LogP) is 2.68. The Morgan fingerprint density at radius 2 is 1.82 bits per heavy atom. The molecule has 224 valence electrons. The minimum Gasteiger partial charge on any atom is -0.448 e. The topological polar surface area (TPSA) is 154 Å². The number of rotatable bonds is 9. The van der Waals surface area contributed by atoms with Crippen molar-refractivity contribution in [2.75, 3.05) is 59.1 Å². The van der Waals surface area contributed by atoms with Crippen LogP contribution in [0.2, 0.25) is 0 Å². The van der Waals surface area contributed by atoms with Gasteiger partial charge in [-0.05, 0) is 31.1 Å². The van der Waals surface area contributed by atoms with Gasteiger partial charge in [0.1, 0.15) is 5.54 Å². The second-order valence-corrected chi connectivity index (χ2v) is 11.6. The maximum Gasteiger partial charge on any atom is 0.436 e. The zero-order chi connectivity index (χ0) is 29.0. The first-order valence-corrected chi connectivity index (χ1v) is 14.8. The lowest BCUT2D eigenvalue weighted by molar-refractivity contribution is -0.118. The molecule has 3 fully saturated rings. The fraction of sp³-hybridized carbons (Fsp3) is 0.821. The molecule has 4 amide bonds.